The van der Waals surface area contributed by atoms with Crippen LogP contribution in [0.2, 0.25) is 0 Å². The molecule has 20 heavy (non-hydrogen) atoms. The Bertz CT molecular complexity index is 404. The van der Waals surface area contributed by atoms with Gasteiger partial charge in [0.15, 0.2) is 0 Å². The lowest BCUT2D eigenvalue weighted by molar-refractivity contribution is 0.192. The number of nitrogens with zero attached hydrogens (tertiary/aromatic N) is 3. The maximum atomic E-state index is 4.46. The monoisotopic (exact) mass is 276 g/mol. The van der Waals surface area contributed by atoms with E-state index in [-0.39, 0.29) is 0 Å². The van der Waals surface area contributed by atoms with E-state index in [0.29, 0.717) is 0 Å². The number of hydrogen-bond acceptors (Lipinski definition) is 3. The number of nitrogens with one attached hydrogen (secondary N) is 1. The second-order valence-electron chi connectivity index (χ2n) is 6.48. The summed E-state index contributed by atoms with van der Waals surface area (Å²) in [5.41, 5.74) is 1.38. The van der Waals surface area contributed by atoms with Gasteiger partial charge in [-0.15, -0.1) is 0 Å². The molecular formula is C16H28N4. The Morgan fingerprint density at radius 3 is 3.00 bits per heavy atom. The predicted molar refractivity (Wildman–Crippen MR) is 81.5 cm³/mol. The van der Waals surface area contributed by atoms with Crippen LogP contribution in [0.5, 0.6) is 0 Å². The summed E-state index contributed by atoms with van der Waals surface area (Å²) >= 11 is 0. The molecule has 1 aliphatic carbocycles. The first kappa shape index (κ1) is 14.1. The fraction of sp³-hybridized carbons (Fsp3) is 0.812. The van der Waals surface area contributed by atoms with Crippen molar-refractivity contribution in [1.29, 1.82) is 0 Å². The molecule has 1 aliphatic heterocycles. The molecule has 1 aromatic rings. The number of rotatable bonds is 7. The van der Waals surface area contributed by atoms with Gasteiger partial charge in [-0.3, -0.25) is 9.58 Å². The predicted octanol–water partition coefficient (Wildman–Crippen LogP) is 2.26. The second kappa shape index (κ2) is 6.72. The molecule has 1 saturated carbocycles. The highest BCUT2D eigenvalue weighted by atomic mass is 15.3. The average Bonchev–Trinajstić information content (AvgIpc) is 3.22. The Morgan fingerprint density at radius 1 is 1.40 bits per heavy atom. The van der Waals surface area contributed by atoms with Crippen molar-refractivity contribution in [2.24, 2.45) is 5.92 Å². The minimum Gasteiger partial charge on any atom is -0.316 e. The van der Waals surface area contributed by atoms with E-state index in [2.05, 4.69) is 39.3 Å². The largest absolute Gasteiger partial charge is 0.316 e. The normalized spacial score (nSPS) is 23.4. The molecular weight excluding hydrogens is 248 g/mol. The minimum absolute atomic E-state index is 0.839. The average molecular weight is 276 g/mol. The highest BCUT2D eigenvalue weighted by Crippen LogP contribution is 2.29. The van der Waals surface area contributed by atoms with Crippen molar-refractivity contribution in [3.05, 3.63) is 18.0 Å². The van der Waals surface area contributed by atoms with E-state index in [9.17, 15) is 0 Å². The summed E-state index contributed by atoms with van der Waals surface area (Å²) in [5.74, 6) is 0.843. The van der Waals surface area contributed by atoms with Crippen LogP contribution in [0.3, 0.4) is 0 Å². The molecule has 2 aliphatic rings. The van der Waals surface area contributed by atoms with Crippen LogP contribution in [0.25, 0.3) is 0 Å². The van der Waals surface area contributed by atoms with Gasteiger partial charge in [-0.25, -0.2) is 0 Å². The molecule has 112 valence electrons. The standard InChI is InChI=1S/C16H28N4/c1-2-8-20-13-15(10-18-20)12-19(16-5-6-16)11-14-4-3-7-17-9-14/h10,13-14,16-17H,2-9,11-12H2,1H3. The van der Waals surface area contributed by atoms with E-state index < -0.39 is 0 Å². The summed E-state index contributed by atoms with van der Waals surface area (Å²) in [6.07, 6.45) is 11.0. The van der Waals surface area contributed by atoms with Crippen LogP contribution in [0, 0.1) is 5.92 Å². The van der Waals surface area contributed by atoms with Crippen molar-refractivity contribution in [3.63, 3.8) is 0 Å². The van der Waals surface area contributed by atoms with E-state index in [0.717, 1.165) is 31.5 Å². The Balaban J connectivity index is 1.55. The fourth-order valence-electron chi connectivity index (χ4n) is 3.27. The molecule has 2 fully saturated rings. The Hall–Kier alpha value is -0.870. The molecule has 1 N–H and O–H groups in total. The SMILES string of the molecule is CCCn1cc(CN(CC2CCCNC2)C2CC2)cn1. The lowest BCUT2D eigenvalue weighted by atomic mass is 9.99. The highest BCUT2D eigenvalue weighted by molar-refractivity contribution is 5.05. The molecule has 0 aromatic carbocycles. The van der Waals surface area contributed by atoms with Crippen LogP contribution in [-0.2, 0) is 13.1 Å². The number of aryl methyl sites for hydroxylation is 1. The van der Waals surface area contributed by atoms with Gasteiger partial charge < -0.3 is 5.32 Å². The fourth-order valence-corrected chi connectivity index (χ4v) is 3.27. The summed E-state index contributed by atoms with van der Waals surface area (Å²) in [7, 11) is 0. The van der Waals surface area contributed by atoms with E-state index in [4.69, 9.17) is 0 Å². The summed E-state index contributed by atoms with van der Waals surface area (Å²) in [5, 5.41) is 8.00. The van der Waals surface area contributed by atoms with Crippen LogP contribution in [0.15, 0.2) is 12.4 Å². The van der Waals surface area contributed by atoms with E-state index in [1.54, 1.807) is 0 Å². The highest BCUT2D eigenvalue weighted by Gasteiger charge is 2.31. The van der Waals surface area contributed by atoms with Crippen LogP contribution < -0.4 is 5.32 Å². The zero-order chi connectivity index (χ0) is 13.8. The van der Waals surface area contributed by atoms with E-state index in [1.165, 1.54) is 50.9 Å². The van der Waals surface area contributed by atoms with E-state index >= 15 is 0 Å². The third-order valence-corrected chi connectivity index (χ3v) is 4.48. The molecule has 4 heteroatoms. The first-order valence-electron chi connectivity index (χ1n) is 8.31. The van der Waals surface area contributed by atoms with Gasteiger partial charge in [0.05, 0.1) is 6.20 Å². The van der Waals surface area contributed by atoms with E-state index in [1.807, 2.05) is 0 Å². The van der Waals surface area contributed by atoms with Crippen LogP contribution in [0.1, 0.15) is 44.6 Å². The molecule has 3 rings (SSSR count). The van der Waals surface area contributed by atoms with Crippen LogP contribution in [0.4, 0.5) is 0 Å². The zero-order valence-corrected chi connectivity index (χ0v) is 12.7. The third-order valence-electron chi connectivity index (χ3n) is 4.48. The summed E-state index contributed by atoms with van der Waals surface area (Å²) in [4.78, 5) is 2.70. The molecule has 1 atom stereocenters. The molecule has 0 amide bonds. The summed E-state index contributed by atoms with van der Waals surface area (Å²) < 4.78 is 2.09. The van der Waals surface area contributed by atoms with Crippen molar-refractivity contribution in [1.82, 2.24) is 20.0 Å². The molecule has 0 radical (unpaired) electrons. The molecule has 4 nitrogen and oxygen atoms in total. The summed E-state index contributed by atoms with van der Waals surface area (Å²) in [6.45, 7) is 8.01. The Morgan fingerprint density at radius 2 is 2.30 bits per heavy atom. The lowest BCUT2D eigenvalue weighted by Gasteiger charge is -2.30. The molecule has 1 unspecified atom stereocenters. The van der Waals surface area contributed by atoms with Crippen molar-refractivity contribution < 1.29 is 0 Å². The lowest BCUT2D eigenvalue weighted by Crippen LogP contribution is -2.39. The van der Waals surface area contributed by atoms with Crippen LogP contribution in [-0.4, -0.2) is 40.4 Å². The van der Waals surface area contributed by atoms with Gasteiger partial charge in [0.1, 0.15) is 0 Å². The smallest absolute Gasteiger partial charge is 0.0534 e. The molecule has 0 bridgehead atoms. The molecule has 1 aromatic heterocycles. The van der Waals surface area contributed by atoms with Gasteiger partial charge in [0.2, 0.25) is 0 Å². The van der Waals surface area contributed by atoms with Gasteiger partial charge in [0.25, 0.3) is 0 Å². The Kier molecular flexibility index (Phi) is 4.73. The van der Waals surface area contributed by atoms with Crippen molar-refractivity contribution in [3.8, 4) is 0 Å². The second-order valence-corrected chi connectivity index (χ2v) is 6.48. The first-order valence-corrected chi connectivity index (χ1v) is 8.31. The quantitative estimate of drug-likeness (QED) is 0.829. The van der Waals surface area contributed by atoms with Crippen molar-refractivity contribution in [2.75, 3.05) is 19.6 Å². The van der Waals surface area contributed by atoms with Crippen LogP contribution >= 0.6 is 0 Å². The van der Waals surface area contributed by atoms with Gasteiger partial charge >= 0.3 is 0 Å². The van der Waals surface area contributed by atoms with Gasteiger partial charge in [-0.2, -0.15) is 5.10 Å². The first-order chi connectivity index (χ1) is 9.85. The maximum Gasteiger partial charge on any atom is 0.0534 e. The van der Waals surface area contributed by atoms with Gasteiger partial charge in [0, 0.05) is 37.4 Å². The number of aromatic nitrogens is 2. The van der Waals surface area contributed by atoms with Gasteiger partial charge in [-0.1, -0.05) is 6.92 Å². The number of piperidine rings is 1. The van der Waals surface area contributed by atoms with Gasteiger partial charge in [-0.05, 0) is 51.1 Å². The summed E-state index contributed by atoms with van der Waals surface area (Å²) in [6, 6.07) is 0.839. The molecule has 0 spiro atoms. The number of hydrogen-bond donors (Lipinski definition) is 1. The molecule has 1 saturated heterocycles. The maximum absolute atomic E-state index is 4.46. The minimum atomic E-state index is 0.839. The third kappa shape index (κ3) is 3.83. The van der Waals surface area contributed by atoms with Crippen molar-refractivity contribution >= 4 is 0 Å². The topological polar surface area (TPSA) is 33.1 Å². The molecule has 2 heterocycles. The Labute approximate surface area is 122 Å². The van der Waals surface area contributed by atoms with Crippen molar-refractivity contribution in [2.45, 2.75) is 58.2 Å². The zero-order valence-electron chi connectivity index (χ0n) is 12.7.